The number of amides is 1. The zero-order valence-electron chi connectivity index (χ0n) is 16.0. The second-order valence-electron chi connectivity index (χ2n) is 7.26. The molecule has 1 saturated carbocycles. The number of hydrogen-bond acceptors (Lipinski definition) is 5. The van der Waals surface area contributed by atoms with Gasteiger partial charge in [0, 0.05) is 31.8 Å². The van der Waals surface area contributed by atoms with Crippen molar-refractivity contribution in [2.45, 2.75) is 43.6 Å². The fourth-order valence-corrected chi connectivity index (χ4v) is 3.59. The molecule has 1 aromatic heterocycles. The Kier molecular flexibility index (Phi) is 5.85. The minimum absolute atomic E-state index is 0.0299. The zero-order valence-corrected chi connectivity index (χ0v) is 16.8. The molecule has 1 aliphatic carbocycles. The SMILES string of the molecule is Cc1nc(NC2(Cl)CCC(NC(=O)c3ccccc3)CC2)cc(N(C)C)n1. The van der Waals surface area contributed by atoms with Crippen molar-refractivity contribution in [3.05, 3.63) is 47.8 Å². The Hall–Kier alpha value is -2.34. The lowest BCUT2D eigenvalue weighted by atomic mass is 9.90. The van der Waals surface area contributed by atoms with Gasteiger partial charge in [0.25, 0.3) is 5.91 Å². The first-order valence-corrected chi connectivity index (χ1v) is 9.58. The van der Waals surface area contributed by atoms with Gasteiger partial charge in [-0.2, -0.15) is 0 Å². The average Bonchev–Trinajstić information content (AvgIpc) is 2.64. The molecule has 0 spiro atoms. The maximum absolute atomic E-state index is 12.3. The van der Waals surface area contributed by atoms with Crippen LogP contribution in [-0.2, 0) is 0 Å². The smallest absolute Gasteiger partial charge is 0.251 e. The Morgan fingerprint density at radius 2 is 1.85 bits per heavy atom. The van der Waals surface area contributed by atoms with Crippen LogP contribution in [0.3, 0.4) is 0 Å². The topological polar surface area (TPSA) is 70.2 Å². The number of hydrogen-bond donors (Lipinski definition) is 2. The van der Waals surface area contributed by atoms with Crippen LogP contribution < -0.4 is 15.5 Å². The van der Waals surface area contributed by atoms with Crippen molar-refractivity contribution in [2.24, 2.45) is 0 Å². The van der Waals surface area contributed by atoms with Crippen LogP contribution in [0.15, 0.2) is 36.4 Å². The Morgan fingerprint density at radius 3 is 2.48 bits per heavy atom. The van der Waals surface area contributed by atoms with Crippen molar-refractivity contribution in [3.8, 4) is 0 Å². The maximum Gasteiger partial charge on any atom is 0.251 e. The molecular weight excluding hydrogens is 362 g/mol. The van der Waals surface area contributed by atoms with Gasteiger partial charge in [-0.1, -0.05) is 29.8 Å². The highest BCUT2D eigenvalue weighted by molar-refractivity contribution is 6.25. The fourth-order valence-electron chi connectivity index (χ4n) is 3.28. The second kappa shape index (κ2) is 8.13. The molecule has 0 saturated heterocycles. The molecule has 1 aliphatic rings. The van der Waals surface area contributed by atoms with Gasteiger partial charge in [-0.25, -0.2) is 9.97 Å². The van der Waals surface area contributed by atoms with E-state index in [-0.39, 0.29) is 11.9 Å². The average molecular weight is 388 g/mol. The predicted octanol–water partition coefficient (Wildman–Crippen LogP) is 3.57. The van der Waals surface area contributed by atoms with Crippen LogP contribution in [0.2, 0.25) is 0 Å². The van der Waals surface area contributed by atoms with E-state index in [2.05, 4.69) is 20.6 Å². The summed E-state index contributed by atoms with van der Waals surface area (Å²) in [7, 11) is 3.89. The number of carbonyl (C=O) groups excluding carboxylic acids is 1. The number of aromatic nitrogens is 2. The molecule has 7 heteroatoms. The van der Waals surface area contributed by atoms with E-state index in [0.717, 1.165) is 37.3 Å². The van der Waals surface area contributed by atoms with Crippen molar-refractivity contribution in [3.63, 3.8) is 0 Å². The lowest BCUT2D eigenvalue weighted by Gasteiger charge is -2.36. The molecule has 0 aliphatic heterocycles. The Bertz CT molecular complexity index is 788. The molecule has 1 heterocycles. The fraction of sp³-hybridized carbons (Fsp3) is 0.450. The van der Waals surface area contributed by atoms with Crippen LogP contribution in [0.5, 0.6) is 0 Å². The van der Waals surface area contributed by atoms with Crippen molar-refractivity contribution in [1.82, 2.24) is 15.3 Å². The third-order valence-electron chi connectivity index (χ3n) is 4.78. The van der Waals surface area contributed by atoms with E-state index in [4.69, 9.17) is 11.6 Å². The highest BCUT2D eigenvalue weighted by Crippen LogP contribution is 2.35. The van der Waals surface area contributed by atoms with Crippen LogP contribution in [0.4, 0.5) is 11.6 Å². The number of nitrogens with one attached hydrogen (secondary N) is 2. The minimum Gasteiger partial charge on any atom is -0.363 e. The van der Waals surface area contributed by atoms with E-state index in [1.54, 1.807) is 0 Å². The van der Waals surface area contributed by atoms with E-state index in [1.807, 2.05) is 62.3 Å². The van der Waals surface area contributed by atoms with E-state index in [0.29, 0.717) is 11.4 Å². The number of nitrogens with zero attached hydrogens (tertiary/aromatic N) is 3. The summed E-state index contributed by atoms with van der Waals surface area (Å²) in [4.78, 5) is 22.6. The summed E-state index contributed by atoms with van der Waals surface area (Å²) in [5.74, 6) is 2.24. The number of carbonyl (C=O) groups is 1. The highest BCUT2D eigenvalue weighted by atomic mass is 35.5. The summed E-state index contributed by atoms with van der Waals surface area (Å²) in [5.41, 5.74) is 0.686. The highest BCUT2D eigenvalue weighted by Gasteiger charge is 2.34. The molecule has 6 nitrogen and oxygen atoms in total. The quantitative estimate of drug-likeness (QED) is 0.606. The summed E-state index contributed by atoms with van der Waals surface area (Å²) in [6.45, 7) is 1.87. The monoisotopic (exact) mass is 387 g/mol. The lowest BCUT2D eigenvalue weighted by molar-refractivity contribution is 0.0925. The molecule has 3 rings (SSSR count). The van der Waals surface area contributed by atoms with Gasteiger partial charge in [-0.05, 0) is 44.7 Å². The molecule has 2 aromatic rings. The van der Waals surface area contributed by atoms with Crippen molar-refractivity contribution in [2.75, 3.05) is 24.3 Å². The van der Waals surface area contributed by atoms with Crippen LogP contribution in [-0.4, -0.2) is 41.0 Å². The molecule has 0 atom stereocenters. The minimum atomic E-state index is -0.557. The number of alkyl halides is 1. The van der Waals surface area contributed by atoms with Crippen LogP contribution in [0.25, 0.3) is 0 Å². The zero-order chi connectivity index (χ0) is 19.4. The molecule has 0 unspecified atom stereocenters. The molecule has 144 valence electrons. The van der Waals surface area contributed by atoms with Crippen molar-refractivity contribution < 1.29 is 4.79 Å². The predicted molar refractivity (Wildman–Crippen MR) is 109 cm³/mol. The molecular formula is C20H26ClN5O. The molecule has 0 radical (unpaired) electrons. The summed E-state index contributed by atoms with van der Waals surface area (Å²) in [6.07, 6.45) is 3.13. The van der Waals surface area contributed by atoms with Gasteiger partial charge in [0.05, 0.1) is 0 Å². The van der Waals surface area contributed by atoms with Crippen molar-refractivity contribution in [1.29, 1.82) is 0 Å². The third-order valence-corrected chi connectivity index (χ3v) is 5.26. The molecule has 1 aromatic carbocycles. The molecule has 27 heavy (non-hydrogen) atoms. The molecule has 0 bridgehead atoms. The summed E-state index contributed by atoms with van der Waals surface area (Å²) in [6, 6.07) is 11.3. The molecule has 2 N–H and O–H groups in total. The Morgan fingerprint density at radius 1 is 1.19 bits per heavy atom. The summed E-state index contributed by atoms with van der Waals surface area (Å²) in [5, 5.41) is 6.49. The van der Waals surface area contributed by atoms with Gasteiger partial charge in [0.15, 0.2) is 0 Å². The molecule has 1 fully saturated rings. The standard InChI is InChI=1S/C20H26ClN5O/c1-14-22-17(13-18(23-14)26(2)3)25-20(21)11-9-16(10-12-20)24-19(27)15-7-5-4-6-8-15/h4-8,13,16H,9-12H2,1-3H3,(H,24,27)(H,22,23,25). The number of rotatable bonds is 5. The van der Waals surface area contributed by atoms with E-state index >= 15 is 0 Å². The lowest BCUT2D eigenvalue weighted by Crippen LogP contribution is -2.44. The number of anilines is 2. The van der Waals surface area contributed by atoms with Crippen LogP contribution in [0, 0.1) is 6.92 Å². The van der Waals surface area contributed by atoms with E-state index in [9.17, 15) is 4.79 Å². The normalized spacial score (nSPS) is 22.1. The molecule has 1 amide bonds. The van der Waals surface area contributed by atoms with Gasteiger partial charge in [-0.3, -0.25) is 4.79 Å². The van der Waals surface area contributed by atoms with Gasteiger partial charge < -0.3 is 15.5 Å². The van der Waals surface area contributed by atoms with Crippen molar-refractivity contribution >= 4 is 29.1 Å². The Balaban J connectivity index is 1.58. The summed E-state index contributed by atoms with van der Waals surface area (Å²) < 4.78 is 0. The van der Waals surface area contributed by atoms with Gasteiger partial charge in [-0.15, -0.1) is 0 Å². The largest absolute Gasteiger partial charge is 0.363 e. The first-order valence-electron chi connectivity index (χ1n) is 9.21. The second-order valence-corrected chi connectivity index (χ2v) is 7.98. The van der Waals surface area contributed by atoms with E-state index in [1.165, 1.54) is 0 Å². The maximum atomic E-state index is 12.3. The van der Waals surface area contributed by atoms with Gasteiger partial charge in [0.2, 0.25) is 0 Å². The first kappa shape index (κ1) is 19.4. The first-order chi connectivity index (χ1) is 12.8. The summed E-state index contributed by atoms with van der Waals surface area (Å²) >= 11 is 6.81. The number of aryl methyl sites for hydroxylation is 1. The van der Waals surface area contributed by atoms with Gasteiger partial charge >= 0.3 is 0 Å². The van der Waals surface area contributed by atoms with Crippen LogP contribution >= 0.6 is 11.6 Å². The Labute approximate surface area is 165 Å². The number of benzene rings is 1. The van der Waals surface area contributed by atoms with Crippen LogP contribution in [0.1, 0.15) is 41.9 Å². The number of halogens is 1. The van der Waals surface area contributed by atoms with E-state index < -0.39 is 5.00 Å². The third kappa shape index (κ3) is 5.10. The van der Waals surface area contributed by atoms with Gasteiger partial charge in [0.1, 0.15) is 22.5 Å².